The molecule has 0 saturated heterocycles. The average molecular weight is 404 g/mol. The maximum absolute atomic E-state index is 12.4. The number of hydrogen-bond acceptors (Lipinski definition) is 3. The molecule has 6 heteroatoms. The van der Waals surface area contributed by atoms with Crippen LogP contribution >= 0.6 is 12.2 Å². The van der Waals surface area contributed by atoms with Gasteiger partial charge in [-0.1, -0.05) is 48.5 Å². The summed E-state index contributed by atoms with van der Waals surface area (Å²) >= 11 is 5.34. The third-order valence-electron chi connectivity index (χ3n) is 4.21. The van der Waals surface area contributed by atoms with Crippen molar-refractivity contribution < 1.29 is 9.59 Å². The maximum Gasteiger partial charge on any atom is 0.251 e. The van der Waals surface area contributed by atoms with Crippen molar-refractivity contribution in [3.8, 4) is 0 Å². The van der Waals surface area contributed by atoms with Crippen molar-refractivity contribution in [1.82, 2.24) is 5.32 Å². The second kappa shape index (κ2) is 9.61. The second-order valence-electron chi connectivity index (χ2n) is 6.47. The molecule has 0 aromatic heterocycles. The number of amides is 1. The van der Waals surface area contributed by atoms with E-state index in [4.69, 9.17) is 12.2 Å². The van der Waals surface area contributed by atoms with Crippen molar-refractivity contribution in [3.63, 3.8) is 0 Å². The van der Waals surface area contributed by atoms with E-state index >= 15 is 0 Å². The van der Waals surface area contributed by atoms with Gasteiger partial charge in [0.2, 0.25) is 0 Å². The molecule has 0 spiro atoms. The Labute approximate surface area is 175 Å². The standard InChI is InChI=1S/C23H21N3O2S/c1-16(27)18-9-5-11-20(13-18)25-23(29)26-21-12-6-10-19(14-21)22(28)24-15-17-7-3-2-4-8-17/h2-14H,15H2,1H3,(H,24,28)(H2,25,26,29). The molecule has 146 valence electrons. The zero-order valence-corrected chi connectivity index (χ0v) is 16.8. The number of rotatable bonds is 6. The number of hydrogen-bond donors (Lipinski definition) is 3. The molecule has 0 aliphatic rings. The normalized spacial score (nSPS) is 10.1. The Kier molecular flexibility index (Phi) is 6.71. The number of nitrogens with one attached hydrogen (secondary N) is 3. The minimum absolute atomic E-state index is 0.0123. The monoisotopic (exact) mass is 403 g/mol. The molecule has 29 heavy (non-hydrogen) atoms. The van der Waals surface area contributed by atoms with E-state index in [9.17, 15) is 9.59 Å². The second-order valence-corrected chi connectivity index (χ2v) is 6.87. The van der Waals surface area contributed by atoms with Gasteiger partial charge in [0.1, 0.15) is 0 Å². The van der Waals surface area contributed by atoms with E-state index < -0.39 is 0 Å². The fourth-order valence-electron chi connectivity index (χ4n) is 2.73. The van der Waals surface area contributed by atoms with Crippen LogP contribution in [0.3, 0.4) is 0 Å². The van der Waals surface area contributed by atoms with Crippen LogP contribution < -0.4 is 16.0 Å². The summed E-state index contributed by atoms with van der Waals surface area (Å²) in [7, 11) is 0. The van der Waals surface area contributed by atoms with Crippen molar-refractivity contribution in [3.05, 3.63) is 95.6 Å². The zero-order valence-electron chi connectivity index (χ0n) is 15.9. The molecular weight excluding hydrogens is 382 g/mol. The molecule has 0 radical (unpaired) electrons. The Morgan fingerprint density at radius 1 is 0.793 bits per heavy atom. The molecule has 3 aromatic carbocycles. The van der Waals surface area contributed by atoms with E-state index in [0.717, 1.165) is 5.56 Å². The SMILES string of the molecule is CC(=O)c1cccc(NC(=S)Nc2cccc(C(=O)NCc3ccccc3)c2)c1. The highest BCUT2D eigenvalue weighted by molar-refractivity contribution is 7.80. The Morgan fingerprint density at radius 2 is 1.38 bits per heavy atom. The van der Waals surface area contributed by atoms with Gasteiger partial charge in [0.05, 0.1) is 0 Å². The van der Waals surface area contributed by atoms with E-state index in [2.05, 4.69) is 16.0 Å². The van der Waals surface area contributed by atoms with E-state index in [-0.39, 0.29) is 11.7 Å². The summed E-state index contributed by atoms with van der Waals surface area (Å²) in [6.07, 6.45) is 0. The third kappa shape index (κ3) is 5.99. The van der Waals surface area contributed by atoms with Crippen LogP contribution in [0, 0.1) is 0 Å². The number of thiocarbonyl (C=S) groups is 1. The van der Waals surface area contributed by atoms with Gasteiger partial charge in [-0.05, 0) is 55.0 Å². The maximum atomic E-state index is 12.4. The van der Waals surface area contributed by atoms with Gasteiger partial charge < -0.3 is 16.0 Å². The minimum Gasteiger partial charge on any atom is -0.348 e. The molecule has 0 fully saturated rings. The van der Waals surface area contributed by atoms with Crippen LogP contribution in [0.25, 0.3) is 0 Å². The lowest BCUT2D eigenvalue weighted by molar-refractivity contribution is 0.0950. The summed E-state index contributed by atoms with van der Waals surface area (Å²) in [5.41, 5.74) is 3.58. The van der Waals surface area contributed by atoms with E-state index in [1.165, 1.54) is 6.92 Å². The largest absolute Gasteiger partial charge is 0.348 e. The molecule has 0 atom stereocenters. The summed E-state index contributed by atoms with van der Waals surface area (Å²) in [6.45, 7) is 1.98. The van der Waals surface area contributed by atoms with E-state index in [1.54, 1.807) is 36.4 Å². The highest BCUT2D eigenvalue weighted by atomic mass is 32.1. The lowest BCUT2D eigenvalue weighted by atomic mass is 10.1. The molecule has 0 aliphatic carbocycles. The van der Waals surface area contributed by atoms with Gasteiger partial charge in [0, 0.05) is 29.0 Å². The number of carbonyl (C=O) groups excluding carboxylic acids is 2. The fourth-order valence-corrected chi connectivity index (χ4v) is 2.96. The van der Waals surface area contributed by atoms with Crippen LogP contribution in [0.5, 0.6) is 0 Å². The number of ketones is 1. The number of carbonyl (C=O) groups is 2. The Morgan fingerprint density at radius 3 is 2.00 bits per heavy atom. The van der Waals surface area contributed by atoms with Crippen molar-refractivity contribution in [1.29, 1.82) is 0 Å². The highest BCUT2D eigenvalue weighted by Gasteiger charge is 2.07. The van der Waals surface area contributed by atoms with Crippen LogP contribution in [0.4, 0.5) is 11.4 Å². The molecule has 3 rings (SSSR count). The summed E-state index contributed by atoms with van der Waals surface area (Å²) in [6, 6.07) is 23.9. The molecule has 3 aromatic rings. The summed E-state index contributed by atoms with van der Waals surface area (Å²) < 4.78 is 0. The minimum atomic E-state index is -0.162. The van der Waals surface area contributed by atoms with Crippen molar-refractivity contribution >= 4 is 40.4 Å². The Hall–Kier alpha value is -3.51. The Bertz CT molecular complexity index is 1040. The molecule has 0 bridgehead atoms. The van der Waals surface area contributed by atoms with E-state index in [1.807, 2.05) is 42.5 Å². The van der Waals surface area contributed by atoms with Gasteiger partial charge in [-0.15, -0.1) is 0 Å². The van der Waals surface area contributed by atoms with Gasteiger partial charge in [-0.25, -0.2) is 0 Å². The first-order valence-corrected chi connectivity index (χ1v) is 9.53. The van der Waals surface area contributed by atoms with Crippen molar-refractivity contribution in [2.45, 2.75) is 13.5 Å². The highest BCUT2D eigenvalue weighted by Crippen LogP contribution is 2.14. The molecule has 3 N–H and O–H groups in total. The smallest absolute Gasteiger partial charge is 0.251 e. The van der Waals surface area contributed by atoms with Crippen LogP contribution in [-0.2, 0) is 6.54 Å². The summed E-state index contributed by atoms with van der Waals surface area (Å²) in [5, 5.41) is 9.39. The van der Waals surface area contributed by atoms with Crippen LogP contribution in [0.2, 0.25) is 0 Å². The fraction of sp³-hybridized carbons (Fsp3) is 0.0870. The third-order valence-corrected chi connectivity index (χ3v) is 4.41. The average Bonchev–Trinajstić information content (AvgIpc) is 2.73. The topological polar surface area (TPSA) is 70.2 Å². The van der Waals surface area contributed by atoms with Gasteiger partial charge in [0.25, 0.3) is 5.91 Å². The predicted molar refractivity (Wildman–Crippen MR) is 120 cm³/mol. The number of Topliss-reactive ketones (excluding diaryl/α,β-unsaturated/α-hetero) is 1. The van der Waals surface area contributed by atoms with Crippen LogP contribution in [-0.4, -0.2) is 16.8 Å². The first kappa shape index (κ1) is 20.2. The van der Waals surface area contributed by atoms with E-state index in [0.29, 0.717) is 34.2 Å². The molecular formula is C23H21N3O2S. The summed E-state index contributed by atoms with van der Waals surface area (Å²) in [5.74, 6) is -0.174. The Balaban J connectivity index is 1.60. The first-order chi connectivity index (χ1) is 14.0. The molecule has 0 aliphatic heterocycles. The van der Waals surface area contributed by atoms with Crippen molar-refractivity contribution in [2.24, 2.45) is 0 Å². The molecule has 0 unspecified atom stereocenters. The van der Waals surface area contributed by atoms with Crippen LogP contribution in [0.1, 0.15) is 33.2 Å². The summed E-state index contributed by atoms with van der Waals surface area (Å²) in [4.78, 5) is 23.9. The quantitative estimate of drug-likeness (QED) is 0.414. The van der Waals surface area contributed by atoms with Gasteiger partial charge in [-0.2, -0.15) is 0 Å². The lowest BCUT2D eigenvalue weighted by Crippen LogP contribution is -2.23. The number of benzene rings is 3. The molecule has 0 heterocycles. The molecule has 5 nitrogen and oxygen atoms in total. The van der Waals surface area contributed by atoms with Gasteiger partial charge in [-0.3, -0.25) is 9.59 Å². The molecule has 0 saturated carbocycles. The zero-order chi connectivity index (χ0) is 20.6. The van der Waals surface area contributed by atoms with Crippen molar-refractivity contribution in [2.75, 3.05) is 10.6 Å². The van der Waals surface area contributed by atoms with Crippen LogP contribution in [0.15, 0.2) is 78.9 Å². The van der Waals surface area contributed by atoms with Gasteiger partial charge in [0.15, 0.2) is 10.9 Å². The predicted octanol–water partition coefficient (Wildman–Crippen LogP) is 4.63. The molecule has 1 amide bonds. The lowest BCUT2D eigenvalue weighted by Gasteiger charge is -2.12. The number of anilines is 2. The van der Waals surface area contributed by atoms with Gasteiger partial charge >= 0.3 is 0 Å². The first-order valence-electron chi connectivity index (χ1n) is 9.12.